The Morgan fingerprint density at radius 1 is 1.07 bits per heavy atom. The minimum atomic E-state index is -0.237. The Bertz CT molecular complexity index is 932. The molecular formula is C22H25N5O2. The molecule has 3 aromatic rings. The van der Waals surface area contributed by atoms with Crippen LogP contribution in [0.1, 0.15) is 16.2 Å². The van der Waals surface area contributed by atoms with Crippen molar-refractivity contribution in [3.63, 3.8) is 0 Å². The van der Waals surface area contributed by atoms with Gasteiger partial charge in [-0.15, -0.1) is 0 Å². The van der Waals surface area contributed by atoms with Gasteiger partial charge in [-0.1, -0.05) is 0 Å². The molecule has 0 atom stereocenters. The van der Waals surface area contributed by atoms with Crippen LogP contribution in [0.4, 0.5) is 17.1 Å². The summed E-state index contributed by atoms with van der Waals surface area (Å²) in [7, 11) is 2.14. The van der Waals surface area contributed by atoms with E-state index in [0.717, 1.165) is 43.3 Å². The highest BCUT2D eigenvalue weighted by Gasteiger charge is 2.14. The van der Waals surface area contributed by atoms with Gasteiger partial charge in [0.1, 0.15) is 11.5 Å². The molecule has 150 valence electrons. The molecule has 1 aromatic carbocycles. The fourth-order valence-electron chi connectivity index (χ4n) is 3.28. The summed E-state index contributed by atoms with van der Waals surface area (Å²) >= 11 is 0. The van der Waals surface area contributed by atoms with Gasteiger partial charge in [0.2, 0.25) is 0 Å². The van der Waals surface area contributed by atoms with Gasteiger partial charge in [-0.25, -0.2) is 0 Å². The Morgan fingerprint density at radius 3 is 2.59 bits per heavy atom. The van der Waals surface area contributed by atoms with Gasteiger partial charge in [-0.2, -0.15) is 0 Å². The number of rotatable bonds is 6. The number of likely N-dealkylation sites (N-methyl/N-ethyl adjacent to an activating group) is 1. The lowest BCUT2D eigenvalue weighted by Gasteiger charge is -2.34. The maximum absolute atomic E-state index is 12.6. The third kappa shape index (κ3) is 4.94. The van der Waals surface area contributed by atoms with E-state index in [1.807, 2.05) is 30.3 Å². The van der Waals surface area contributed by atoms with Crippen molar-refractivity contribution in [3.05, 3.63) is 72.4 Å². The molecule has 2 aromatic heterocycles. The van der Waals surface area contributed by atoms with Crippen LogP contribution < -0.4 is 15.5 Å². The van der Waals surface area contributed by atoms with E-state index in [1.165, 1.54) is 5.69 Å². The molecule has 1 aliphatic heterocycles. The maximum atomic E-state index is 12.6. The fourth-order valence-corrected chi connectivity index (χ4v) is 3.28. The lowest BCUT2D eigenvalue weighted by Crippen LogP contribution is -2.44. The van der Waals surface area contributed by atoms with Crippen LogP contribution in [0.3, 0.4) is 0 Å². The van der Waals surface area contributed by atoms with Crippen LogP contribution >= 0.6 is 0 Å². The predicted molar refractivity (Wildman–Crippen MR) is 114 cm³/mol. The first-order valence-corrected chi connectivity index (χ1v) is 9.74. The van der Waals surface area contributed by atoms with E-state index in [2.05, 4.69) is 44.6 Å². The van der Waals surface area contributed by atoms with Gasteiger partial charge in [-0.3, -0.25) is 9.78 Å². The van der Waals surface area contributed by atoms with Crippen molar-refractivity contribution >= 4 is 23.0 Å². The van der Waals surface area contributed by atoms with Gasteiger partial charge in [0, 0.05) is 49.4 Å². The quantitative estimate of drug-likeness (QED) is 0.672. The highest BCUT2D eigenvalue weighted by molar-refractivity contribution is 6.03. The molecule has 2 N–H and O–H groups in total. The van der Waals surface area contributed by atoms with Crippen LogP contribution in [-0.2, 0) is 6.54 Å². The highest BCUT2D eigenvalue weighted by atomic mass is 16.3. The molecule has 0 aliphatic carbocycles. The van der Waals surface area contributed by atoms with Crippen molar-refractivity contribution in [1.82, 2.24) is 9.88 Å². The molecular weight excluding hydrogens is 366 g/mol. The van der Waals surface area contributed by atoms with E-state index >= 15 is 0 Å². The van der Waals surface area contributed by atoms with Crippen molar-refractivity contribution in [3.8, 4) is 0 Å². The number of amides is 1. The van der Waals surface area contributed by atoms with E-state index in [9.17, 15) is 4.79 Å². The fraction of sp³-hybridized carbons (Fsp3) is 0.273. The summed E-state index contributed by atoms with van der Waals surface area (Å²) in [6.45, 7) is 4.71. The molecule has 1 aliphatic rings. The molecule has 0 saturated carbocycles. The van der Waals surface area contributed by atoms with E-state index < -0.39 is 0 Å². The molecule has 7 nitrogen and oxygen atoms in total. The van der Waals surface area contributed by atoms with Gasteiger partial charge in [0.15, 0.2) is 0 Å². The molecule has 0 spiro atoms. The van der Waals surface area contributed by atoms with Crippen molar-refractivity contribution in [1.29, 1.82) is 0 Å². The number of benzene rings is 1. The van der Waals surface area contributed by atoms with Gasteiger partial charge < -0.3 is 24.9 Å². The van der Waals surface area contributed by atoms with Crippen molar-refractivity contribution < 1.29 is 9.21 Å². The summed E-state index contributed by atoms with van der Waals surface area (Å²) < 4.78 is 5.31. The molecule has 29 heavy (non-hydrogen) atoms. The monoisotopic (exact) mass is 391 g/mol. The van der Waals surface area contributed by atoms with E-state index in [-0.39, 0.29) is 5.91 Å². The second-order valence-corrected chi connectivity index (χ2v) is 7.15. The standard InChI is InChI=1S/C22H25N5O2/c1-26-10-12-27(13-11-26)19-6-4-17(5-7-19)25-22(28)21-15-18(8-9-23-21)24-16-20-3-2-14-29-20/h2-9,14-15H,10-13,16H2,1H3,(H,23,24)(H,25,28). The number of piperazine rings is 1. The van der Waals surface area contributed by atoms with Crippen molar-refractivity contribution in [2.75, 3.05) is 48.8 Å². The number of hydrogen-bond donors (Lipinski definition) is 2. The van der Waals surface area contributed by atoms with Crippen LogP contribution in [0.5, 0.6) is 0 Å². The number of hydrogen-bond acceptors (Lipinski definition) is 6. The van der Waals surface area contributed by atoms with Crippen LogP contribution in [0.25, 0.3) is 0 Å². The van der Waals surface area contributed by atoms with Gasteiger partial charge in [0.05, 0.1) is 12.8 Å². The summed E-state index contributed by atoms with van der Waals surface area (Å²) in [6, 6.07) is 15.3. The second kappa shape index (κ2) is 8.79. The smallest absolute Gasteiger partial charge is 0.274 e. The second-order valence-electron chi connectivity index (χ2n) is 7.15. The van der Waals surface area contributed by atoms with Crippen molar-refractivity contribution in [2.45, 2.75) is 6.54 Å². The molecule has 4 rings (SSSR count). The topological polar surface area (TPSA) is 73.6 Å². The van der Waals surface area contributed by atoms with Crippen LogP contribution in [0, 0.1) is 0 Å². The Morgan fingerprint density at radius 2 is 1.86 bits per heavy atom. The summed E-state index contributed by atoms with van der Waals surface area (Å²) in [4.78, 5) is 21.5. The molecule has 0 unspecified atom stereocenters. The minimum Gasteiger partial charge on any atom is -0.467 e. The number of carbonyl (C=O) groups excluding carboxylic acids is 1. The molecule has 1 amide bonds. The first-order chi connectivity index (χ1) is 14.2. The maximum Gasteiger partial charge on any atom is 0.274 e. The third-order valence-electron chi connectivity index (χ3n) is 5.03. The highest BCUT2D eigenvalue weighted by Crippen LogP contribution is 2.20. The molecule has 3 heterocycles. The van der Waals surface area contributed by atoms with Gasteiger partial charge in [0.25, 0.3) is 5.91 Å². The van der Waals surface area contributed by atoms with E-state index in [0.29, 0.717) is 12.2 Å². The van der Waals surface area contributed by atoms with Crippen LogP contribution in [0.2, 0.25) is 0 Å². The number of aromatic nitrogens is 1. The molecule has 7 heteroatoms. The lowest BCUT2D eigenvalue weighted by atomic mass is 10.2. The Hall–Kier alpha value is -3.32. The normalized spacial score (nSPS) is 14.6. The third-order valence-corrected chi connectivity index (χ3v) is 5.03. The lowest BCUT2D eigenvalue weighted by molar-refractivity contribution is 0.102. The Balaban J connectivity index is 1.35. The summed E-state index contributed by atoms with van der Waals surface area (Å²) in [6.07, 6.45) is 3.26. The largest absolute Gasteiger partial charge is 0.467 e. The van der Waals surface area contributed by atoms with E-state index in [4.69, 9.17) is 4.42 Å². The number of pyridine rings is 1. The van der Waals surface area contributed by atoms with Crippen LogP contribution in [0.15, 0.2) is 65.4 Å². The van der Waals surface area contributed by atoms with Crippen molar-refractivity contribution in [2.24, 2.45) is 0 Å². The summed E-state index contributed by atoms with van der Waals surface area (Å²) in [5.41, 5.74) is 3.10. The zero-order valence-corrected chi connectivity index (χ0v) is 16.5. The molecule has 1 fully saturated rings. The van der Waals surface area contributed by atoms with Gasteiger partial charge >= 0.3 is 0 Å². The average Bonchev–Trinajstić information content (AvgIpc) is 3.27. The number of nitrogens with one attached hydrogen (secondary N) is 2. The zero-order valence-electron chi connectivity index (χ0n) is 16.5. The number of carbonyl (C=O) groups is 1. The average molecular weight is 391 g/mol. The first-order valence-electron chi connectivity index (χ1n) is 9.74. The number of furan rings is 1. The zero-order chi connectivity index (χ0) is 20.1. The van der Waals surface area contributed by atoms with E-state index in [1.54, 1.807) is 18.5 Å². The first kappa shape index (κ1) is 19.0. The molecule has 1 saturated heterocycles. The predicted octanol–water partition coefficient (Wildman–Crippen LogP) is 3.29. The SMILES string of the molecule is CN1CCN(c2ccc(NC(=O)c3cc(NCc4ccco4)ccn3)cc2)CC1. The number of anilines is 3. The Kier molecular flexibility index (Phi) is 5.76. The van der Waals surface area contributed by atoms with Gasteiger partial charge in [-0.05, 0) is 55.6 Å². The molecule has 0 bridgehead atoms. The summed E-state index contributed by atoms with van der Waals surface area (Å²) in [5.74, 6) is 0.590. The van der Waals surface area contributed by atoms with Crippen LogP contribution in [-0.4, -0.2) is 49.0 Å². The minimum absolute atomic E-state index is 0.237. The number of nitrogens with zero attached hydrogens (tertiary/aromatic N) is 3. The molecule has 0 radical (unpaired) electrons. The summed E-state index contributed by atoms with van der Waals surface area (Å²) in [5, 5.41) is 6.15. The Labute approximate surface area is 170 Å².